The molecule has 3 heterocycles. The van der Waals surface area contributed by atoms with Crippen LogP contribution in [0.4, 0.5) is 0 Å². The van der Waals surface area contributed by atoms with Crippen LogP contribution in [0, 0.1) is 0 Å². The average Bonchev–Trinajstić information content (AvgIpc) is 3.34. The Morgan fingerprint density at radius 3 is 2.79 bits per heavy atom. The Hall–Kier alpha value is -2.84. The van der Waals surface area contributed by atoms with Gasteiger partial charge in [-0.15, -0.1) is 0 Å². The fraction of sp³-hybridized carbons (Fsp3) is 0.400. The Morgan fingerprint density at radius 1 is 1.25 bits per heavy atom. The molecule has 1 fully saturated rings. The van der Waals surface area contributed by atoms with Crippen LogP contribution >= 0.6 is 0 Å². The quantitative estimate of drug-likeness (QED) is 0.697. The van der Waals surface area contributed by atoms with Gasteiger partial charge in [-0.3, -0.25) is 4.79 Å². The molecule has 0 aliphatic carbocycles. The maximum Gasteiger partial charge on any atom is 0.253 e. The highest BCUT2D eigenvalue weighted by atomic mass is 16.5. The van der Waals surface area contributed by atoms with E-state index in [1.165, 1.54) is 0 Å². The van der Waals surface area contributed by atoms with E-state index in [-0.39, 0.29) is 11.8 Å². The monoisotopic (exact) mass is 380 g/mol. The van der Waals surface area contributed by atoms with Crippen LogP contribution in [0.25, 0.3) is 11.2 Å². The van der Waals surface area contributed by atoms with Crippen molar-refractivity contribution in [1.29, 1.82) is 0 Å². The lowest BCUT2D eigenvalue weighted by Crippen LogP contribution is -2.28. The van der Waals surface area contributed by atoms with Gasteiger partial charge in [-0.1, -0.05) is 12.1 Å². The van der Waals surface area contributed by atoms with E-state index in [2.05, 4.69) is 9.97 Å². The number of nitrogens with zero attached hydrogens (tertiary/aromatic N) is 5. The number of hydrogen-bond acceptors (Lipinski definition) is 6. The largest absolute Gasteiger partial charge is 0.380 e. The van der Waals surface area contributed by atoms with E-state index in [1.54, 1.807) is 19.5 Å². The van der Waals surface area contributed by atoms with Gasteiger partial charge in [0, 0.05) is 50.6 Å². The Morgan fingerprint density at radius 2 is 2.04 bits per heavy atom. The van der Waals surface area contributed by atoms with Gasteiger partial charge in [0.2, 0.25) is 0 Å². The molecule has 2 aromatic heterocycles. The van der Waals surface area contributed by atoms with Crippen molar-refractivity contribution in [1.82, 2.24) is 24.6 Å². The first-order valence-electron chi connectivity index (χ1n) is 9.46. The first-order valence-corrected chi connectivity index (χ1v) is 9.46. The molecule has 28 heavy (non-hydrogen) atoms. The van der Waals surface area contributed by atoms with Crippen molar-refractivity contribution in [2.24, 2.45) is 5.73 Å². The van der Waals surface area contributed by atoms with Gasteiger partial charge in [0.1, 0.15) is 5.52 Å². The number of likely N-dealkylation sites (tertiary alicyclic amines) is 1. The predicted molar refractivity (Wildman–Crippen MR) is 105 cm³/mol. The Balaban J connectivity index is 1.52. The average molecular weight is 380 g/mol. The van der Waals surface area contributed by atoms with E-state index in [0.717, 1.165) is 28.8 Å². The van der Waals surface area contributed by atoms with E-state index in [1.807, 2.05) is 33.8 Å². The zero-order valence-electron chi connectivity index (χ0n) is 15.9. The van der Waals surface area contributed by atoms with Crippen LogP contribution in [-0.2, 0) is 17.9 Å². The van der Waals surface area contributed by atoms with Gasteiger partial charge in [0.25, 0.3) is 5.91 Å². The maximum absolute atomic E-state index is 12.9. The molecule has 0 spiro atoms. The van der Waals surface area contributed by atoms with Crippen molar-refractivity contribution in [3.63, 3.8) is 0 Å². The second-order valence-corrected chi connectivity index (χ2v) is 6.99. The highest BCUT2D eigenvalue weighted by molar-refractivity contribution is 5.94. The predicted octanol–water partition coefficient (Wildman–Crippen LogP) is 1.56. The molecular weight excluding hydrogens is 356 g/mol. The third-order valence-electron chi connectivity index (χ3n) is 5.11. The summed E-state index contributed by atoms with van der Waals surface area (Å²) in [5.41, 5.74) is 9.90. The Labute approximate surface area is 163 Å². The number of hydrogen-bond donors (Lipinski definition) is 1. The molecule has 1 aliphatic heterocycles. The maximum atomic E-state index is 12.9. The van der Waals surface area contributed by atoms with Crippen molar-refractivity contribution in [3.05, 3.63) is 53.5 Å². The van der Waals surface area contributed by atoms with Gasteiger partial charge < -0.3 is 15.4 Å². The number of ether oxygens (including phenoxy) is 1. The number of aromatic nitrogens is 4. The van der Waals surface area contributed by atoms with E-state index >= 15 is 0 Å². The number of benzene rings is 1. The molecule has 3 aromatic rings. The standard InChI is InChI=1S/C20H24N6O2/c1-28-13-14-2-4-15(5-3-14)20(27)25-10-6-16(12-25)17-18-19(23-9-8-22-18)26(24-17)11-7-21/h2-5,8-9,16H,6-7,10-13,21H2,1H3. The first-order chi connectivity index (χ1) is 13.7. The number of methoxy groups -OCH3 is 1. The van der Waals surface area contributed by atoms with E-state index in [0.29, 0.717) is 38.3 Å². The summed E-state index contributed by atoms with van der Waals surface area (Å²) in [5.74, 6) is 0.193. The fourth-order valence-electron chi connectivity index (χ4n) is 3.74. The molecular formula is C20H24N6O2. The number of carbonyl (C=O) groups excluding carboxylic acids is 1. The van der Waals surface area contributed by atoms with E-state index < -0.39 is 0 Å². The summed E-state index contributed by atoms with van der Waals surface area (Å²) in [6.45, 7) is 2.96. The van der Waals surface area contributed by atoms with Crippen LogP contribution in [-0.4, -0.2) is 57.3 Å². The van der Waals surface area contributed by atoms with Gasteiger partial charge in [0.15, 0.2) is 5.65 Å². The molecule has 4 rings (SSSR count). The summed E-state index contributed by atoms with van der Waals surface area (Å²) in [6.07, 6.45) is 4.21. The zero-order chi connectivity index (χ0) is 19.5. The summed E-state index contributed by atoms with van der Waals surface area (Å²) in [4.78, 5) is 23.7. The van der Waals surface area contributed by atoms with E-state index in [4.69, 9.17) is 15.6 Å². The highest BCUT2D eigenvalue weighted by Crippen LogP contribution is 2.31. The summed E-state index contributed by atoms with van der Waals surface area (Å²) < 4.78 is 6.94. The lowest BCUT2D eigenvalue weighted by atomic mass is 10.0. The van der Waals surface area contributed by atoms with Gasteiger partial charge in [0.05, 0.1) is 18.8 Å². The molecule has 1 aromatic carbocycles. The topological polar surface area (TPSA) is 99.2 Å². The third-order valence-corrected chi connectivity index (χ3v) is 5.11. The molecule has 1 unspecified atom stereocenters. The summed E-state index contributed by atoms with van der Waals surface area (Å²) in [6, 6.07) is 7.59. The number of fused-ring (bicyclic) bond motifs is 1. The summed E-state index contributed by atoms with van der Waals surface area (Å²) in [5, 5.41) is 4.72. The molecule has 2 N–H and O–H groups in total. The van der Waals surface area contributed by atoms with Crippen molar-refractivity contribution in [2.75, 3.05) is 26.7 Å². The Bertz CT molecular complexity index is 968. The molecule has 1 aliphatic rings. The summed E-state index contributed by atoms with van der Waals surface area (Å²) >= 11 is 0. The molecule has 0 bridgehead atoms. The normalized spacial score (nSPS) is 16.8. The van der Waals surface area contributed by atoms with Gasteiger partial charge in [-0.25, -0.2) is 14.6 Å². The van der Waals surface area contributed by atoms with Crippen LogP contribution < -0.4 is 5.73 Å². The smallest absolute Gasteiger partial charge is 0.253 e. The second kappa shape index (κ2) is 8.04. The van der Waals surface area contributed by atoms with Crippen molar-refractivity contribution in [3.8, 4) is 0 Å². The van der Waals surface area contributed by atoms with Crippen LogP contribution in [0.15, 0.2) is 36.7 Å². The second-order valence-electron chi connectivity index (χ2n) is 6.99. The molecule has 1 amide bonds. The lowest BCUT2D eigenvalue weighted by Gasteiger charge is -2.16. The number of carbonyl (C=O) groups is 1. The summed E-state index contributed by atoms with van der Waals surface area (Å²) in [7, 11) is 1.66. The van der Waals surface area contributed by atoms with Crippen LogP contribution in [0.2, 0.25) is 0 Å². The minimum absolute atomic E-state index is 0.0447. The van der Waals surface area contributed by atoms with Crippen molar-refractivity contribution >= 4 is 17.1 Å². The molecule has 146 valence electrons. The molecule has 8 heteroatoms. The highest BCUT2D eigenvalue weighted by Gasteiger charge is 2.31. The third kappa shape index (κ3) is 3.48. The van der Waals surface area contributed by atoms with E-state index in [9.17, 15) is 4.79 Å². The molecule has 8 nitrogen and oxygen atoms in total. The fourth-order valence-corrected chi connectivity index (χ4v) is 3.74. The number of amides is 1. The minimum atomic E-state index is 0.0447. The molecule has 0 radical (unpaired) electrons. The van der Waals surface area contributed by atoms with Gasteiger partial charge >= 0.3 is 0 Å². The molecule has 1 atom stereocenters. The minimum Gasteiger partial charge on any atom is -0.380 e. The number of nitrogens with two attached hydrogens (primary N) is 1. The lowest BCUT2D eigenvalue weighted by molar-refractivity contribution is 0.0790. The Kier molecular flexibility index (Phi) is 5.31. The number of rotatable bonds is 6. The molecule has 0 saturated carbocycles. The van der Waals surface area contributed by atoms with Crippen molar-refractivity contribution < 1.29 is 9.53 Å². The first kappa shape index (κ1) is 18.5. The van der Waals surface area contributed by atoms with Crippen LogP contribution in [0.1, 0.15) is 34.0 Å². The van der Waals surface area contributed by atoms with Crippen LogP contribution in [0.5, 0.6) is 0 Å². The SMILES string of the molecule is COCc1ccc(C(=O)N2CCC(c3nn(CCN)c4nccnc34)C2)cc1. The van der Waals surface area contributed by atoms with Crippen LogP contribution in [0.3, 0.4) is 0 Å². The zero-order valence-corrected chi connectivity index (χ0v) is 15.9. The molecule has 1 saturated heterocycles. The van der Waals surface area contributed by atoms with Crippen molar-refractivity contribution in [2.45, 2.75) is 25.5 Å². The van der Waals surface area contributed by atoms with Gasteiger partial charge in [-0.2, -0.15) is 5.10 Å². The van der Waals surface area contributed by atoms with Gasteiger partial charge in [-0.05, 0) is 24.1 Å².